The molecule has 1 fully saturated rings. The Morgan fingerprint density at radius 2 is 1.76 bits per heavy atom. The summed E-state index contributed by atoms with van der Waals surface area (Å²) in [5.74, 6) is -2.31. The number of benzene rings is 3. The lowest BCUT2D eigenvalue weighted by Crippen LogP contribution is -2.38. The molecule has 1 aliphatic heterocycles. The maximum atomic E-state index is 14.0. The van der Waals surface area contributed by atoms with Crippen molar-refractivity contribution in [1.82, 2.24) is 4.98 Å². The van der Waals surface area contributed by atoms with E-state index in [1.54, 1.807) is 24.4 Å². The van der Waals surface area contributed by atoms with Crippen LogP contribution < -0.4 is 15.0 Å². The van der Waals surface area contributed by atoms with Crippen LogP contribution in [0, 0.1) is 21.3 Å². The fourth-order valence-corrected chi connectivity index (χ4v) is 7.69. The Hall–Kier alpha value is -4.52. The average Bonchev–Trinajstić information content (AvgIpc) is 3.36. The molecule has 1 aliphatic carbocycles. The highest BCUT2D eigenvalue weighted by molar-refractivity contribution is 14.1. The summed E-state index contributed by atoms with van der Waals surface area (Å²) in [7, 11) is 1.50. The molecule has 0 radical (unpaired) electrons. The van der Waals surface area contributed by atoms with Crippen molar-refractivity contribution < 1.29 is 29.6 Å². The molecule has 4 N–H and O–H groups in total. The van der Waals surface area contributed by atoms with Crippen LogP contribution >= 0.6 is 22.6 Å². The van der Waals surface area contributed by atoms with Crippen LogP contribution in [-0.2, 0) is 9.59 Å². The lowest BCUT2D eigenvalue weighted by atomic mass is 9.68. The van der Waals surface area contributed by atoms with Crippen LogP contribution in [0.1, 0.15) is 37.4 Å². The molecule has 0 bridgehead atoms. The van der Waals surface area contributed by atoms with Gasteiger partial charge in [0.05, 0.1) is 46.6 Å². The molecule has 6 rings (SSSR count). The predicted octanol–water partition coefficient (Wildman–Crippen LogP) is 6.96. The molecular weight excluding hydrogens is 733 g/mol. The Kier molecular flexibility index (Phi) is 10.5. The van der Waals surface area contributed by atoms with Gasteiger partial charge in [-0.1, -0.05) is 29.8 Å². The summed E-state index contributed by atoms with van der Waals surface area (Å²) in [6.45, 7) is 1.51. The van der Waals surface area contributed by atoms with Crippen LogP contribution in [0.2, 0.25) is 0 Å². The largest absolute Gasteiger partial charge is 0.504 e. The van der Waals surface area contributed by atoms with Gasteiger partial charge < -0.3 is 25.4 Å². The number of carbonyl (C=O) groups is 2. The number of hydrogen-bond acceptors (Lipinski definition) is 8. The normalized spacial score (nSPS) is 20.0. The molecular formula is C39H38IN3O6. The third-order valence-electron chi connectivity index (χ3n) is 9.36. The van der Waals surface area contributed by atoms with Crippen molar-refractivity contribution in [2.45, 2.75) is 32.3 Å². The molecule has 2 aliphatic rings. The van der Waals surface area contributed by atoms with Crippen molar-refractivity contribution in [2.75, 3.05) is 23.9 Å². The van der Waals surface area contributed by atoms with Crippen molar-refractivity contribution in [3.05, 3.63) is 117 Å². The number of allylic oxidation sites excluding steroid dienone is 2. The van der Waals surface area contributed by atoms with Gasteiger partial charge in [0.25, 0.3) is 0 Å². The van der Waals surface area contributed by atoms with Gasteiger partial charge in [-0.2, -0.15) is 0 Å². The molecule has 10 heteroatoms. The number of halogens is 1. The van der Waals surface area contributed by atoms with Gasteiger partial charge in [0.1, 0.15) is 0 Å². The first-order valence-corrected chi connectivity index (χ1v) is 17.2. The number of methoxy groups -OCH3 is 1. The fourth-order valence-electron chi connectivity index (χ4n) is 7.06. The van der Waals surface area contributed by atoms with Gasteiger partial charge >= 0.3 is 0 Å². The van der Waals surface area contributed by atoms with Gasteiger partial charge in [0, 0.05) is 23.5 Å². The topological polar surface area (TPSA) is 132 Å². The second-order valence-electron chi connectivity index (χ2n) is 12.4. The number of para-hydroxylation sites is 1. The molecule has 2 heterocycles. The number of pyridine rings is 1. The summed E-state index contributed by atoms with van der Waals surface area (Å²) in [5.41, 5.74) is 6.06. The van der Waals surface area contributed by atoms with E-state index >= 15 is 0 Å². The standard InChI is InChI=1S/C39H38IN3O6/c1-23-18-29-36(39(48)43(38(29)47)28-14-12-27(13-15-28)42-26-8-4-3-5-9-26)30(22-44)35(23)33(45)16-11-25(32-10-6-7-17-41-32)19-24-20-31(40)37(46)34(21-24)49-2/h3-10,12-15,17,19-21,29-30,33,36,42,44-46H,11,16,18,22H2,1-2H3/b25-19-/t29-,30+,33-,36-/m1/s1. The minimum absolute atomic E-state index is 0.0682. The maximum absolute atomic E-state index is 14.0. The van der Waals surface area contributed by atoms with E-state index in [1.165, 1.54) is 12.0 Å². The number of aromatic nitrogens is 1. The number of amides is 2. The zero-order chi connectivity index (χ0) is 34.7. The van der Waals surface area contributed by atoms with E-state index in [4.69, 9.17) is 4.74 Å². The van der Waals surface area contributed by atoms with Crippen LogP contribution in [0.5, 0.6) is 11.5 Å². The van der Waals surface area contributed by atoms with E-state index in [-0.39, 0.29) is 24.2 Å². The third-order valence-corrected chi connectivity index (χ3v) is 10.2. The number of phenolic OH excluding ortho intramolecular Hbond substituents is 1. The molecule has 4 atom stereocenters. The summed E-state index contributed by atoms with van der Waals surface area (Å²) in [5, 5.41) is 36.0. The maximum Gasteiger partial charge on any atom is 0.238 e. The van der Waals surface area contributed by atoms with E-state index in [0.29, 0.717) is 39.8 Å². The van der Waals surface area contributed by atoms with Crippen molar-refractivity contribution in [3.63, 3.8) is 0 Å². The summed E-state index contributed by atoms with van der Waals surface area (Å²) in [6.07, 6.45) is 3.77. The number of anilines is 3. The van der Waals surface area contributed by atoms with Gasteiger partial charge in [-0.05, 0) is 132 Å². The molecule has 252 valence electrons. The van der Waals surface area contributed by atoms with Gasteiger partial charge in [-0.3, -0.25) is 19.5 Å². The first-order valence-electron chi connectivity index (χ1n) is 16.2. The first kappa shape index (κ1) is 34.3. The second-order valence-corrected chi connectivity index (χ2v) is 13.6. The number of aliphatic hydroxyl groups excluding tert-OH is 2. The van der Waals surface area contributed by atoms with E-state index in [0.717, 1.165) is 33.8 Å². The Labute approximate surface area is 299 Å². The van der Waals surface area contributed by atoms with Crippen LogP contribution in [-0.4, -0.2) is 51.9 Å². The first-order chi connectivity index (χ1) is 23.7. The van der Waals surface area contributed by atoms with E-state index < -0.39 is 23.9 Å². The highest BCUT2D eigenvalue weighted by atomic mass is 127. The quantitative estimate of drug-likeness (QED) is 0.0732. The number of fused-ring (bicyclic) bond motifs is 1. The van der Waals surface area contributed by atoms with E-state index in [9.17, 15) is 24.9 Å². The average molecular weight is 772 g/mol. The molecule has 4 aromatic rings. The minimum Gasteiger partial charge on any atom is -0.504 e. The zero-order valence-electron chi connectivity index (χ0n) is 27.2. The SMILES string of the molecule is COc1cc(/C=C(/CC[C@@H](O)C2=C(C)C[C@H]3C(=O)N(c4ccc(Nc5ccccc5)cc4)C(=O)[C@H]3[C@H]2CO)c2ccccn2)cc(I)c1O. The number of nitrogens with one attached hydrogen (secondary N) is 1. The molecule has 1 aromatic heterocycles. The van der Waals surface area contributed by atoms with Gasteiger partial charge in [0.15, 0.2) is 11.5 Å². The molecule has 2 amide bonds. The van der Waals surface area contributed by atoms with Gasteiger partial charge in [-0.15, -0.1) is 0 Å². The summed E-state index contributed by atoms with van der Waals surface area (Å²) >= 11 is 2.05. The molecule has 0 spiro atoms. The number of ether oxygens (including phenoxy) is 1. The number of rotatable bonds is 11. The number of nitrogens with zero attached hydrogens (tertiary/aromatic N) is 2. The summed E-state index contributed by atoms with van der Waals surface area (Å²) in [4.78, 5) is 33.5. The molecule has 0 unspecified atom stereocenters. The Morgan fingerprint density at radius 3 is 2.43 bits per heavy atom. The number of aromatic hydroxyl groups is 1. The van der Waals surface area contributed by atoms with Crippen LogP contribution in [0.25, 0.3) is 11.6 Å². The Bertz CT molecular complexity index is 1900. The number of phenols is 1. The Morgan fingerprint density at radius 1 is 1.04 bits per heavy atom. The summed E-state index contributed by atoms with van der Waals surface area (Å²) < 4.78 is 5.99. The number of aliphatic hydroxyl groups is 2. The molecule has 9 nitrogen and oxygen atoms in total. The number of hydrogen-bond donors (Lipinski definition) is 4. The van der Waals surface area contributed by atoms with Gasteiger partial charge in [-0.25, -0.2) is 0 Å². The van der Waals surface area contributed by atoms with Crippen molar-refractivity contribution in [2.24, 2.45) is 17.8 Å². The van der Waals surface area contributed by atoms with Crippen LogP contribution in [0.4, 0.5) is 17.1 Å². The fraction of sp³-hybridized carbons (Fsp3) is 0.256. The Balaban J connectivity index is 1.22. The zero-order valence-corrected chi connectivity index (χ0v) is 29.4. The second kappa shape index (κ2) is 14.9. The smallest absolute Gasteiger partial charge is 0.238 e. The van der Waals surface area contributed by atoms with Crippen molar-refractivity contribution >= 4 is 63.1 Å². The predicted molar refractivity (Wildman–Crippen MR) is 198 cm³/mol. The van der Waals surface area contributed by atoms with Crippen LogP contribution in [0.3, 0.4) is 0 Å². The lowest BCUT2D eigenvalue weighted by Gasteiger charge is -2.35. The van der Waals surface area contributed by atoms with Crippen molar-refractivity contribution in [3.8, 4) is 11.5 Å². The highest BCUT2D eigenvalue weighted by Gasteiger charge is 2.54. The molecule has 1 saturated heterocycles. The molecule has 3 aromatic carbocycles. The highest BCUT2D eigenvalue weighted by Crippen LogP contribution is 2.47. The molecule has 0 saturated carbocycles. The van der Waals surface area contributed by atoms with E-state index in [2.05, 4.69) is 32.9 Å². The molecule has 49 heavy (non-hydrogen) atoms. The van der Waals surface area contributed by atoms with Crippen LogP contribution in [0.15, 0.2) is 102 Å². The number of carbonyl (C=O) groups excluding carboxylic acids is 2. The summed E-state index contributed by atoms with van der Waals surface area (Å²) in [6, 6.07) is 26.1. The third kappa shape index (κ3) is 7.12. The van der Waals surface area contributed by atoms with Crippen molar-refractivity contribution in [1.29, 1.82) is 0 Å². The monoisotopic (exact) mass is 771 g/mol. The number of imide groups is 1. The van der Waals surface area contributed by atoms with Gasteiger partial charge in [0.2, 0.25) is 11.8 Å². The van der Waals surface area contributed by atoms with E-state index in [1.807, 2.05) is 79.7 Å². The minimum atomic E-state index is -0.958. The lowest BCUT2D eigenvalue weighted by molar-refractivity contribution is -0.123.